The van der Waals surface area contributed by atoms with Gasteiger partial charge >= 0.3 is 0 Å². The first-order valence-electron chi connectivity index (χ1n) is 7.50. The van der Waals surface area contributed by atoms with Crippen molar-refractivity contribution in [2.75, 3.05) is 25.1 Å². The van der Waals surface area contributed by atoms with Crippen LogP contribution < -0.4 is 15.0 Å². The smallest absolute Gasteiger partial charge is 0.231 e. The van der Waals surface area contributed by atoms with Crippen LogP contribution in [0, 0.1) is 0 Å². The Kier molecular flexibility index (Phi) is 6.02. The molecule has 23 heavy (non-hydrogen) atoms. The van der Waals surface area contributed by atoms with Crippen LogP contribution in [-0.2, 0) is 17.8 Å². The van der Waals surface area contributed by atoms with Crippen LogP contribution >= 0.6 is 12.4 Å². The van der Waals surface area contributed by atoms with Crippen molar-refractivity contribution in [1.82, 2.24) is 5.32 Å². The highest BCUT2D eigenvalue weighted by atomic mass is 35.5. The van der Waals surface area contributed by atoms with Gasteiger partial charge in [0.15, 0.2) is 0 Å². The molecule has 2 aromatic carbocycles. The number of hydrogen-bond donors (Lipinski definition) is 1. The number of nitrogens with zero attached hydrogens (tertiary/aromatic N) is 1. The number of benzene rings is 2. The maximum atomic E-state index is 12.8. The quantitative estimate of drug-likeness (QED) is 0.939. The third-order valence-corrected chi connectivity index (χ3v) is 3.95. The van der Waals surface area contributed by atoms with E-state index < -0.39 is 0 Å². The van der Waals surface area contributed by atoms with Crippen LogP contribution in [0.3, 0.4) is 0 Å². The Morgan fingerprint density at radius 1 is 1.17 bits per heavy atom. The number of halogens is 1. The minimum Gasteiger partial charge on any atom is -0.496 e. The number of anilines is 1. The van der Waals surface area contributed by atoms with E-state index in [2.05, 4.69) is 11.4 Å². The number of nitrogens with one attached hydrogen (secondary N) is 1. The zero-order chi connectivity index (χ0) is 15.4. The van der Waals surface area contributed by atoms with E-state index >= 15 is 0 Å². The van der Waals surface area contributed by atoms with Crippen LogP contribution in [0.4, 0.5) is 5.69 Å². The van der Waals surface area contributed by atoms with Crippen LogP contribution in [0.15, 0.2) is 48.5 Å². The maximum absolute atomic E-state index is 12.8. The molecule has 0 saturated heterocycles. The van der Waals surface area contributed by atoms with E-state index in [1.54, 1.807) is 7.11 Å². The molecule has 0 bridgehead atoms. The van der Waals surface area contributed by atoms with Crippen LogP contribution in [0.25, 0.3) is 0 Å². The van der Waals surface area contributed by atoms with Crippen molar-refractivity contribution in [3.63, 3.8) is 0 Å². The summed E-state index contributed by atoms with van der Waals surface area (Å²) in [6.07, 6.45) is 0.346. The van der Waals surface area contributed by atoms with Crippen LogP contribution in [0.1, 0.15) is 11.1 Å². The number of methoxy groups -OCH3 is 1. The first-order valence-corrected chi connectivity index (χ1v) is 7.50. The monoisotopic (exact) mass is 332 g/mol. The van der Waals surface area contributed by atoms with Gasteiger partial charge in [0.2, 0.25) is 5.91 Å². The van der Waals surface area contributed by atoms with Crippen molar-refractivity contribution in [1.29, 1.82) is 0 Å². The third kappa shape index (κ3) is 3.84. The van der Waals surface area contributed by atoms with Crippen LogP contribution in [0.2, 0.25) is 0 Å². The lowest BCUT2D eigenvalue weighted by atomic mass is 10.1. The molecule has 0 unspecified atom stereocenters. The number of para-hydroxylation sites is 2. The normalized spacial score (nSPS) is 13.5. The van der Waals surface area contributed by atoms with Gasteiger partial charge in [0, 0.05) is 30.9 Å². The number of fused-ring (bicyclic) bond motifs is 1. The summed E-state index contributed by atoms with van der Waals surface area (Å²) < 4.78 is 5.34. The number of carbonyl (C=O) groups is 1. The molecular weight excluding hydrogens is 312 g/mol. The van der Waals surface area contributed by atoms with Crippen molar-refractivity contribution in [3.05, 3.63) is 59.7 Å². The molecule has 0 spiro atoms. The highest BCUT2D eigenvalue weighted by Crippen LogP contribution is 2.24. The van der Waals surface area contributed by atoms with E-state index in [1.165, 1.54) is 0 Å². The number of rotatable bonds is 3. The molecule has 1 N–H and O–H groups in total. The second-order valence-electron chi connectivity index (χ2n) is 5.34. The zero-order valence-corrected chi connectivity index (χ0v) is 13.9. The van der Waals surface area contributed by atoms with Crippen LogP contribution in [-0.4, -0.2) is 26.1 Å². The Morgan fingerprint density at radius 2 is 1.91 bits per heavy atom. The van der Waals surface area contributed by atoms with Gasteiger partial charge < -0.3 is 15.0 Å². The number of hydrogen-bond acceptors (Lipinski definition) is 3. The number of amides is 1. The van der Waals surface area contributed by atoms with Crippen molar-refractivity contribution < 1.29 is 9.53 Å². The van der Waals surface area contributed by atoms with Gasteiger partial charge in [-0.3, -0.25) is 4.79 Å². The summed E-state index contributed by atoms with van der Waals surface area (Å²) in [5.74, 6) is 0.859. The van der Waals surface area contributed by atoms with Gasteiger partial charge in [-0.1, -0.05) is 36.4 Å². The van der Waals surface area contributed by atoms with Crippen molar-refractivity contribution in [3.8, 4) is 5.75 Å². The highest BCUT2D eigenvalue weighted by molar-refractivity contribution is 5.96. The molecule has 0 saturated carbocycles. The summed E-state index contributed by atoms with van der Waals surface area (Å²) in [7, 11) is 1.63. The van der Waals surface area contributed by atoms with E-state index in [1.807, 2.05) is 47.4 Å². The fourth-order valence-electron chi connectivity index (χ4n) is 2.82. The Bertz CT molecular complexity index is 676. The molecule has 4 nitrogen and oxygen atoms in total. The van der Waals surface area contributed by atoms with Crippen molar-refractivity contribution in [2.45, 2.75) is 13.0 Å². The van der Waals surface area contributed by atoms with Gasteiger partial charge in [0.1, 0.15) is 5.75 Å². The molecule has 0 atom stereocenters. The second kappa shape index (κ2) is 7.99. The van der Waals surface area contributed by atoms with E-state index in [-0.39, 0.29) is 18.3 Å². The summed E-state index contributed by atoms with van der Waals surface area (Å²) in [5, 5.41) is 3.36. The Morgan fingerprint density at radius 3 is 2.74 bits per heavy atom. The first-order chi connectivity index (χ1) is 10.8. The molecule has 1 amide bonds. The lowest BCUT2D eigenvalue weighted by molar-refractivity contribution is -0.118. The average Bonchev–Trinajstić information content (AvgIpc) is 2.78. The first kappa shape index (κ1) is 17.3. The third-order valence-electron chi connectivity index (χ3n) is 3.95. The molecule has 5 heteroatoms. The molecule has 1 heterocycles. The van der Waals surface area contributed by atoms with Crippen LogP contribution in [0.5, 0.6) is 5.75 Å². The highest BCUT2D eigenvalue weighted by Gasteiger charge is 2.21. The van der Waals surface area contributed by atoms with Crippen molar-refractivity contribution in [2.24, 2.45) is 0 Å². The van der Waals surface area contributed by atoms with Gasteiger partial charge in [-0.25, -0.2) is 0 Å². The van der Waals surface area contributed by atoms with Gasteiger partial charge in [0.25, 0.3) is 0 Å². The fourth-order valence-corrected chi connectivity index (χ4v) is 2.82. The number of ether oxygens (including phenoxy) is 1. The van der Waals surface area contributed by atoms with Crippen molar-refractivity contribution >= 4 is 24.0 Å². The molecule has 0 aliphatic carbocycles. The summed E-state index contributed by atoms with van der Waals surface area (Å²) >= 11 is 0. The Balaban J connectivity index is 0.00000192. The molecular formula is C18H21ClN2O2. The summed E-state index contributed by atoms with van der Waals surface area (Å²) in [5.41, 5.74) is 3.09. The summed E-state index contributed by atoms with van der Waals surface area (Å²) in [6.45, 7) is 2.28. The molecule has 1 aliphatic heterocycles. The van der Waals surface area contributed by atoms with E-state index in [0.29, 0.717) is 13.0 Å². The minimum atomic E-state index is 0. The van der Waals surface area contributed by atoms with E-state index in [0.717, 1.165) is 35.7 Å². The molecule has 0 aromatic heterocycles. The van der Waals surface area contributed by atoms with Gasteiger partial charge in [-0.15, -0.1) is 12.4 Å². The van der Waals surface area contributed by atoms with Gasteiger partial charge in [0.05, 0.1) is 13.5 Å². The van der Waals surface area contributed by atoms with Gasteiger partial charge in [-0.05, 0) is 17.7 Å². The molecule has 0 fully saturated rings. The predicted molar refractivity (Wildman–Crippen MR) is 94.4 cm³/mol. The molecule has 0 radical (unpaired) electrons. The SMILES string of the molecule is COc1ccccc1CC(=O)N1CCNCc2ccccc21.Cl. The topological polar surface area (TPSA) is 41.6 Å². The summed E-state index contributed by atoms with van der Waals surface area (Å²) in [4.78, 5) is 14.7. The molecule has 2 aromatic rings. The maximum Gasteiger partial charge on any atom is 0.231 e. The minimum absolute atomic E-state index is 0. The predicted octanol–water partition coefficient (Wildman–Crippen LogP) is 2.80. The average molecular weight is 333 g/mol. The lowest BCUT2D eigenvalue weighted by Crippen LogP contribution is -2.35. The largest absolute Gasteiger partial charge is 0.496 e. The van der Waals surface area contributed by atoms with E-state index in [9.17, 15) is 4.79 Å². The summed E-state index contributed by atoms with van der Waals surface area (Å²) in [6, 6.07) is 15.8. The standard InChI is InChI=1S/C18H20N2O2.ClH/c1-22-17-9-5-3-6-14(17)12-18(21)20-11-10-19-13-15-7-2-4-8-16(15)20;/h2-9,19H,10-13H2,1H3;1H. The molecule has 122 valence electrons. The molecule has 1 aliphatic rings. The lowest BCUT2D eigenvalue weighted by Gasteiger charge is -2.23. The van der Waals surface area contributed by atoms with E-state index in [4.69, 9.17) is 4.74 Å². The Hall–Kier alpha value is -2.04. The zero-order valence-electron chi connectivity index (χ0n) is 13.1. The second-order valence-corrected chi connectivity index (χ2v) is 5.34. The number of carbonyl (C=O) groups excluding carboxylic acids is 1. The Labute approximate surface area is 142 Å². The van der Waals surface area contributed by atoms with Gasteiger partial charge in [-0.2, -0.15) is 0 Å². The molecule has 3 rings (SSSR count). The fraction of sp³-hybridized carbons (Fsp3) is 0.278.